The number of hydrogen-bond acceptors (Lipinski definition) is 3. The molecular weight excluding hydrogens is 359 g/mol. The van der Waals surface area contributed by atoms with Crippen LogP contribution in [0.4, 0.5) is 10.1 Å². The number of pyridine rings is 1. The molecule has 1 amide bonds. The second kappa shape index (κ2) is 6.77. The summed E-state index contributed by atoms with van der Waals surface area (Å²) < 4.78 is 15.0. The van der Waals surface area contributed by atoms with Crippen molar-refractivity contribution in [2.75, 3.05) is 5.32 Å². The van der Waals surface area contributed by atoms with Crippen molar-refractivity contribution < 1.29 is 9.18 Å². The first-order valence-corrected chi connectivity index (χ1v) is 8.69. The van der Waals surface area contributed by atoms with Crippen LogP contribution in [0.3, 0.4) is 0 Å². The molecule has 2 N–H and O–H groups in total. The summed E-state index contributed by atoms with van der Waals surface area (Å²) in [5, 5.41) is 7.33. The van der Waals surface area contributed by atoms with Crippen molar-refractivity contribution in [3.8, 4) is 5.69 Å². The van der Waals surface area contributed by atoms with Crippen LogP contribution in [0.15, 0.2) is 59.5 Å². The SMILES string of the molecule is Cc1ccc(-n2nc(C)c3c(=O)c(C(=O)Nc4cccc(F)c4)c[nH]c32)cc1. The number of H-pyrrole nitrogens is 1. The molecule has 0 bridgehead atoms. The van der Waals surface area contributed by atoms with Crippen LogP contribution in [0.1, 0.15) is 21.6 Å². The summed E-state index contributed by atoms with van der Waals surface area (Å²) in [6.45, 7) is 3.71. The zero-order valence-corrected chi connectivity index (χ0v) is 15.3. The van der Waals surface area contributed by atoms with Gasteiger partial charge in [0.15, 0.2) is 0 Å². The molecule has 2 aromatic heterocycles. The Labute approximate surface area is 159 Å². The molecule has 2 aromatic carbocycles. The van der Waals surface area contributed by atoms with Crippen LogP contribution in [-0.4, -0.2) is 20.7 Å². The fourth-order valence-corrected chi connectivity index (χ4v) is 3.08. The average Bonchev–Trinajstić information content (AvgIpc) is 3.00. The molecule has 0 aliphatic carbocycles. The number of halogens is 1. The maximum Gasteiger partial charge on any atom is 0.261 e. The quantitative estimate of drug-likeness (QED) is 0.572. The number of rotatable bonds is 3. The molecule has 140 valence electrons. The summed E-state index contributed by atoms with van der Waals surface area (Å²) in [4.78, 5) is 28.5. The lowest BCUT2D eigenvalue weighted by atomic mass is 10.1. The highest BCUT2D eigenvalue weighted by Crippen LogP contribution is 2.19. The van der Waals surface area contributed by atoms with Crippen molar-refractivity contribution in [3.05, 3.63) is 87.6 Å². The van der Waals surface area contributed by atoms with Crippen LogP contribution in [0.5, 0.6) is 0 Å². The van der Waals surface area contributed by atoms with Gasteiger partial charge in [-0.2, -0.15) is 5.10 Å². The van der Waals surface area contributed by atoms with E-state index in [1.807, 2.05) is 31.2 Å². The van der Waals surface area contributed by atoms with E-state index in [1.165, 1.54) is 24.4 Å². The second-order valence-corrected chi connectivity index (χ2v) is 6.55. The van der Waals surface area contributed by atoms with Crippen LogP contribution in [-0.2, 0) is 0 Å². The highest BCUT2D eigenvalue weighted by Gasteiger charge is 2.19. The normalized spacial score (nSPS) is 11.0. The van der Waals surface area contributed by atoms with Gasteiger partial charge < -0.3 is 10.3 Å². The lowest BCUT2D eigenvalue weighted by Gasteiger charge is -2.06. The molecule has 0 spiro atoms. The fourth-order valence-electron chi connectivity index (χ4n) is 3.08. The fraction of sp³-hybridized carbons (Fsp3) is 0.0952. The number of amides is 1. The first-order valence-electron chi connectivity index (χ1n) is 8.69. The average molecular weight is 376 g/mol. The van der Waals surface area contributed by atoms with Gasteiger partial charge in [0.05, 0.1) is 16.8 Å². The van der Waals surface area contributed by atoms with Crippen LogP contribution in [0.2, 0.25) is 0 Å². The molecule has 0 aliphatic rings. The van der Waals surface area contributed by atoms with Crippen LogP contribution in [0.25, 0.3) is 16.7 Å². The van der Waals surface area contributed by atoms with E-state index < -0.39 is 17.2 Å². The highest BCUT2D eigenvalue weighted by molar-refractivity contribution is 6.05. The van der Waals surface area contributed by atoms with Crippen molar-refractivity contribution in [1.82, 2.24) is 14.8 Å². The van der Waals surface area contributed by atoms with E-state index in [-0.39, 0.29) is 11.3 Å². The van der Waals surface area contributed by atoms with Gasteiger partial charge in [-0.05, 0) is 44.2 Å². The molecule has 0 unspecified atom stereocenters. The number of fused-ring (bicyclic) bond motifs is 1. The smallest absolute Gasteiger partial charge is 0.261 e. The first-order chi connectivity index (χ1) is 13.4. The number of hydrogen-bond donors (Lipinski definition) is 2. The van der Waals surface area contributed by atoms with E-state index in [9.17, 15) is 14.0 Å². The van der Waals surface area contributed by atoms with Crippen molar-refractivity contribution in [3.63, 3.8) is 0 Å². The Kier molecular flexibility index (Phi) is 4.27. The van der Waals surface area contributed by atoms with Gasteiger partial charge >= 0.3 is 0 Å². The van der Waals surface area contributed by atoms with Crippen molar-refractivity contribution in [2.45, 2.75) is 13.8 Å². The number of carbonyl (C=O) groups excluding carboxylic acids is 1. The summed E-state index contributed by atoms with van der Waals surface area (Å²) in [5.41, 5.74) is 2.71. The monoisotopic (exact) mass is 376 g/mol. The molecule has 7 heteroatoms. The molecule has 2 heterocycles. The minimum Gasteiger partial charge on any atom is -0.345 e. The molecule has 0 aliphatic heterocycles. The van der Waals surface area contributed by atoms with Gasteiger partial charge in [-0.25, -0.2) is 9.07 Å². The number of nitrogens with zero attached hydrogens (tertiary/aromatic N) is 2. The zero-order chi connectivity index (χ0) is 19.8. The third-order valence-electron chi connectivity index (χ3n) is 4.49. The Hall–Kier alpha value is -3.74. The van der Waals surface area contributed by atoms with Crippen LogP contribution < -0.4 is 10.7 Å². The van der Waals surface area contributed by atoms with Crippen molar-refractivity contribution in [2.24, 2.45) is 0 Å². The van der Waals surface area contributed by atoms with Gasteiger partial charge in [0, 0.05) is 11.9 Å². The molecule has 0 saturated carbocycles. The minimum atomic E-state index is -0.615. The summed E-state index contributed by atoms with van der Waals surface area (Å²) in [6.07, 6.45) is 1.35. The van der Waals surface area contributed by atoms with Crippen LogP contribution in [0, 0.1) is 19.7 Å². The van der Waals surface area contributed by atoms with E-state index in [2.05, 4.69) is 15.4 Å². The number of aromatic amines is 1. The molecule has 0 atom stereocenters. The Balaban J connectivity index is 1.77. The van der Waals surface area contributed by atoms with Gasteiger partial charge in [-0.15, -0.1) is 0 Å². The zero-order valence-electron chi connectivity index (χ0n) is 15.3. The third kappa shape index (κ3) is 3.07. The van der Waals surface area contributed by atoms with Gasteiger partial charge in [-0.1, -0.05) is 23.8 Å². The molecule has 4 aromatic rings. The van der Waals surface area contributed by atoms with Gasteiger partial charge in [-0.3, -0.25) is 9.59 Å². The molecule has 28 heavy (non-hydrogen) atoms. The summed E-state index contributed by atoms with van der Waals surface area (Å²) in [7, 11) is 0. The first kappa shape index (κ1) is 17.7. The lowest BCUT2D eigenvalue weighted by Crippen LogP contribution is -2.22. The predicted molar refractivity (Wildman–Crippen MR) is 106 cm³/mol. The number of carbonyl (C=O) groups is 1. The predicted octanol–water partition coefficient (Wildman–Crippen LogP) is 3.72. The summed E-state index contributed by atoms with van der Waals surface area (Å²) in [5.74, 6) is -1.09. The number of aromatic nitrogens is 3. The highest BCUT2D eigenvalue weighted by atomic mass is 19.1. The number of anilines is 1. The van der Waals surface area contributed by atoms with Crippen molar-refractivity contribution in [1.29, 1.82) is 0 Å². The maximum absolute atomic E-state index is 13.3. The van der Waals surface area contributed by atoms with E-state index in [1.54, 1.807) is 17.7 Å². The maximum atomic E-state index is 13.3. The summed E-state index contributed by atoms with van der Waals surface area (Å²) in [6, 6.07) is 13.2. The molecule has 0 saturated heterocycles. The molecule has 0 fully saturated rings. The Morgan fingerprint density at radius 1 is 1.14 bits per heavy atom. The summed E-state index contributed by atoms with van der Waals surface area (Å²) >= 11 is 0. The number of benzene rings is 2. The molecule has 4 rings (SSSR count). The number of aryl methyl sites for hydroxylation is 2. The third-order valence-corrected chi connectivity index (χ3v) is 4.49. The van der Waals surface area contributed by atoms with E-state index in [0.29, 0.717) is 16.7 Å². The largest absolute Gasteiger partial charge is 0.345 e. The van der Waals surface area contributed by atoms with E-state index in [4.69, 9.17) is 0 Å². The Bertz CT molecular complexity index is 1260. The number of nitrogens with one attached hydrogen (secondary N) is 2. The lowest BCUT2D eigenvalue weighted by molar-refractivity contribution is 0.102. The topological polar surface area (TPSA) is 79.8 Å². The molecule has 6 nitrogen and oxygen atoms in total. The van der Waals surface area contributed by atoms with Gasteiger partial charge in [0.1, 0.15) is 17.0 Å². The van der Waals surface area contributed by atoms with E-state index in [0.717, 1.165) is 11.3 Å². The second-order valence-electron chi connectivity index (χ2n) is 6.55. The molecular formula is C21H17FN4O2. The van der Waals surface area contributed by atoms with E-state index >= 15 is 0 Å². The van der Waals surface area contributed by atoms with Gasteiger partial charge in [0.25, 0.3) is 5.91 Å². The van der Waals surface area contributed by atoms with Gasteiger partial charge in [0.2, 0.25) is 5.43 Å². The standard InChI is InChI=1S/C21H17FN4O2/c1-12-6-8-16(9-7-12)26-20-18(13(2)25-26)19(27)17(11-23-20)21(28)24-15-5-3-4-14(22)10-15/h3-11H,1-2H3,(H,23,27)(H,24,28). The minimum absolute atomic E-state index is 0.0664. The Morgan fingerprint density at radius 3 is 2.61 bits per heavy atom. The Morgan fingerprint density at radius 2 is 1.89 bits per heavy atom. The molecule has 0 radical (unpaired) electrons. The van der Waals surface area contributed by atoms with Crippen molar-refractivity contribution >= 4 is 22.6 Å². The van der Waals surface area contributed by atoms with Crippen LogP contribution >= 0.6 is 0 Å².